The molecule has 4 nitrogen and oxygen atoms in total. The van der Waals surface area contributed by atoms with Crippen molar-refractivity contribution in [1.29, 1.82) is 0 Å². The van der Waals surface area contributed by atoms with E-state index in [0.717, 1.165) is 11.8 Å². The second-order valence-electron chi connectivity index (χ2n) is 3.13. The van der Waals surface area contributed by atoms with E-state index < -0.39 is 5.97 Å². The van der Waals surface area contributed by atoms with Gasteiger partial charge < -0.3 is 10.4 Å². The molecule has 0 aliphatic rings. The monoisotopic (exact) mass is 206 g/mol. The number of carboxylic acid groups (broad SMARTS) is 1. The summed E-state index contributed by atoms with van der Waals surface area (Å²) in [6.07, 6.45) is 4.43. The van der Waals surface area contributed by atoms with Gasteiger partial charge in [-0.3, -0.25) is 4.98 Å². The Hall–Kier alpha value is -1.68. The largest absolute Gasteiger partial charge is 0.478 e. The molecule has 1 atom stereocenters. The zero-order chi connectivity index (χ0) is 11.1. The minimum absolute atomic E-state index is 0.115. The van der Waals surface area contributed by atoms with Gasteiger partial charge in [-0.25, -0.2) is 4.79 Å². The molecule has 0 radical (unpaired) electrons. The third kappa shape index (κ3) is 4.37. The normalized spacial score (nSPS) is 12.9. The van der Waals surface area contributed by atoms with Crippen molar-refractivity contribution in [2.75, 3.05) is 6.54 Å². The summed E-state index contributed by atoms with van der Waals surface area (Å²) in [7, 11) is 0. The fourth-order valence-electron chi connectivity index (χ4n) is 1.14. The summed E-state index contributed by atoms with van der Waals surface area (Å²) in [4.78, 5) is 14.4. The number of nitrogens with one attached hydrogen (secondary N) is 1. The van der Waals surface area contributed by atoms with Crippen LogP contribution < -0.4 is 5.32 Å². The Morgan fingerprint density at radius 3 is 3.07 bits per heavy atom. The number of hydrogen-bond acceptors (Lipinski definition) is 3. The zero-order valence-corrected chi connectivity index (χ0v) is 8.55. The van der Waals surface area contributed by atoms with Crippen molar-refractivity contribution in [3.63, 3.8) is 0 Å². The molecule has 4 heteroatoms. The highest BCUT2D eigenvalue weighted by Crippen LogP contribution is 2.06. The summed E-state index contributed by atoms with van der Waals surface area (Å²) >= 11 is 0. The van der Waals surface area contributed by atoms with Crippen LogP contribution in [0.3, 0.4) is 0 Å². The lowest BCUT2D eigenvalue weighted by molar-refractivity contribution is -0.131. The molecule has 80 valence electrons. The highest BCUT2D eigenvalue weighted by atomic mass is 16.4. The number of nitrogens with zero attached hydrogens (tertiary/aromatic N) is 1. The van der Waals surface area contributed by atoms with E-state index in [9.17, 15) is 4.79 Å². The van der Waals surface area contributed by atoms with Gasteiger partial charge in [0.15, 0.2) is 0 Å². The molecule has 0 fully saturated rings. The lowest BCUT2D eigenvalue weighted by Crippen LogP contribution is -2.19. The van der Waals surface area contributed by atoms with Crippen molar-refractivity contribution in [2.24, 2.45) is 0 Å². The molecule has 0 bridgehead atoms. The Kier molecular flexibility index (Phi) is 4.50. The van der Waals surface area contributed by atoms with Gasteiger partial charge >= 0.3 is 5.97 Å². The first kappa shape index (κ1) is 11.4. The van der Waals surface area contributed by atoms with Crippen molar-refractivity contribution >= 4 is 5.97 Å². The lowest BCUT2D eigenvalue weighted by Gasteiger charge is -2.10. The molecule has 0 unspecified atom stereocenters. The van der Waals surface area contributed by atoms with E-state index >= 15 is 0 Å². The van der Waals surface area contributed by atoms with Crippen LogP contribution in [-0.2, 0) is 4.79 Å². The number of carbonyl (C=O) groups is 1. The van der Waals surface area contributed by atoms with E-state index in [1.165, 1.54) is 0 Å². The van der Waals surface area contributed by atoms with Gasteiger partial charge in [0.25, 0.3) is 0 Å². The molecular weight excluding hydrogens is 192 g/mol. The van der Waals surface area contributed by atoms with Crippen molar-refractivity contribution in [3.8, 4) is 0 Å². The van der Waals surface area contributed by atoms with Crippen molar-refractivity contribution in [2.45, 2.75) is 13.0 Å². The summed E-state index contributed by atoms with van der Waals surface area (Å²) in [6.45, 7) is 2.50. The van der Waals surface area contributed by atoms with Gasteiger partial charge in [0.2, 0.25) is 0 Å². The van der Waals surface area contributed by atoms with Gasteiger partial charge in [0.1, 0.15) is 0 Å². The first-order valence-corrected chi connectivity index (χ1v) is 4.74. The summed E-state index contributed by atoms with van der Waals surface area (Å²) < 4.78 is 0. The van der Waals surface area contributed by atoms with Crippen molar-refractivity contribution < 1.29 is 9.90 Å². The predicted molar refractivity (Wildman–Crippen MR) is 57.4 cm³/mol. The highest BCUT2D eigenvalue weighted by molar-refractivity contribution is 5.79. The Morgan fingerprint density at radius 1 is 1.67 bits per heavy atom. The van der Waals surface area contributed by atoms with Crippen LogP contribution in [-0.4, -0.2) is 22.6 Å². The number of aromatic nitrogens is 1. The number of rotatable bonds is 5. The topological polar surface area (TPSA) is 62.2 Å². The Labute approximate surface area is 88.7 Å². The Balaban J connectivity index is 2.37. The van der Waals surface area contributed by atoms with Crippen molar-refractivity contribution in [1.82, 2.24) is 10.3 Å². The standard InChI is InChI=1S/C11H14N2O2/c1-9(10-5-2-3-7-13-10)12-8-4-6-11(14)15/h2-7,9,12H,8H2,1H3,(H,14,15)/b6-4+/t9-/m0/s1. The molecule has 0 aromatic carbocycles. The van der Waals surface area contributed by atoms with Crippen LogP contribution in [0, 0.1) is 0 Å². The van der Waals surface area contributed by atoms with E-state index in [1.54, 1.807) is 12.3 Å². The quantitative estimate of drug-likeness (QED) is 0.714. The van der Waals surface area contributed by atoms with Crippen LogP contribution in [0.15, 0.2) is 36.5 Å². The molecular formula is C11H14N2O2. The van der Waals surface area contributed by atoms with Crippen molar-refractivity contribution in [3.05, 3.63) is 42.2 Å². The van der Waals surface area contributed by atoms with Crippen LogP contribution in [0.2, 0.25) is 0 Å². The number of aliphatic carboxylic acids is 1. The molecule has 1 heterocycles. The van der Waals surface area contributed by atoms with E-state index in [4.69, 9.17) is 5.11 Å². The molecule has 0 saturated carbocycles. The van der Waals surface area contributed by atoms with Crippen LogP contribution in [0.25, 0.3) is 0 Å². The van der Waals surface area contributed by atoms with Gasteiger partial charge in [-0.15, -0.1) is 0 Å². The maximum absolute atomic E-state index is 10.2. The Bertz CT molecular complexity index is 336. The summed E-state index contributed by atoms with van der Waals surface area (Å²) in [5, 5.41) is 11.5. The number of hydrogen-bond donors (Lipinski definition) is 2. The van der Waals surface area contributed by atoms with Gasteiger partial charge in [0.05, 0.1) is 5.69 Å². The number of pyridine rings is 1. The molecule has 0 spiro atoms. The van der Waals surface area contributed by atoms with Gasteiger partial charge in [0, 0.05) is 24.9 Å². The maximum atomic E-state index is 10.2. The summed E-state index contributed by atoms with van der Waals surface area (Å²) in [5.41, 5.74) is 0.946. The van der Waals surface area contributed by atoms with Gasteiger partial charge in [-0.05, 0) is 19.1 Å². The minimum Gasteiger partial charge on any atom is -0.478 e. The van der Waals surface area contributed by atoms with E-state index in [2.05, 4.69) is 10.3 Å². The average Bonchev–Trinajstić information content (AvgIpc) is 2.25. The maximum Gasteiger partial charge on any atom is 0.328 e. The Morgan fingerprint density at radius 2 is 2.47 bits per heavy atom. The molecule has 2 N–H and O–H groups in total. The first-order valence-electron chi connectivity index (χ1n) is 4.74. The molecule has 15 heavy (non-hydrogen) atoms. The number of carboxylic acids is 1. The SMILES string of the molecule is C[C@H](NC/C=C/C(=O)O)c1ccccn1. The van der Waals surface area contributed by atoms with Crippen LogP contribution in [0.5, 0.6) is 0 Å². The molecule has 1 aromatic rings. The molecule has 0 aliphatic carbocycles. The molecule has 0 amide bonds. The third-order valence-corrected chi connectivity index (χ3v) is 1.93. The third-order valence-electron chi connectivity index (χ3n) is 1.93. The van der Waals surface area contributed by atoms with E-state index in [-0.39, 0.29) is 6.04 Å². The van der Waals surface area contributed by atoms with E-state index in [0.29, 0.717) is 6.54 Å². The van der Waals surface area contributed by atoms with Gasteiger partial charge in [-0.1, -0.05) is 12.1 Å². The highest BCUT2D eigenvalue weighted by Gasteiger charge is 2.02. The average molecular weight is 206 g/mol. The molecule has 1 rings (SSSR count). The smallest absolute Gasteiger partial charge is 0.328 e. The second-order valence-corrected chi connectivity index (χ2v) is 3.13. The summed E-state index contributed by atoms with van der Waals surface area (Å²) in [6, 6.07) is 5.83. The zero-order valence-electron chi connectivity index (χ0n) is 8.55. The molecule has 0 saturated heterocycles. The van der Waals surface area contributed by atoms with Gasteiger partial charge in [-0.2, -0.15) is 0 Å². The minimum atomic E-state index is -0.928. The fraction of sp³-hybridized carbons (Fsp3) is 0.273. The molecule has 1 aromatic heterocycles. The first-order chi connectivity index (χ1) is 7.20. The lowest BCUT2D eigenvalue weighted by atomic mass is 10.2. The fourth-order valence-corrected chi connectivity index (χ4v) is 1.14. The van der Waals surface area contributed by atoms with Crippen LogP contribution in [0.4, 0.5) is 0 Å². The molecule has 0 aliphatic heterocycles. The van der Waals surface area contributed by atoms with Crippen LogP contribution in [0.1, 0.15) is 18.7 Å². The summed E-state index contributed by atoms with van der Waals surface area (Å²) in [5.74, 6) is -0.928. The van der Waals surface area contributed by atoms with Crippen LogP contribution >= 0.6 is 0 Å². The predicted octanol–water partition coefficient (Wildman–Crippen LogP) is 1.37. The second kappa shape index (κ2) is 5.93. The van der Waals surface area contributed by atoms with E-state index in [1.807, 2.05) is 25.1 Å².